The van der Waals surface area contributed by atoms with Crippen LogP contribution >= 0.6 is 0 Å². The summed E-state index contributed by atoms with van der Waals surface area (Å²) in [7, 11) is 0. The Bertz CT molecular complexity index is 568. The lowest BCUT2D eigenvalue weighted by atomic mass is 10.3. The molecule has 100 valence electrons. The van der Waals surface area contributed by atoms with E-state index < -0.39 is 5.97 Å². The number of pyridine rings is 1. The van der Waals surface area contributed by atoms with Crippen molar-refractivity contribution < 1.29 is 19.2 Å². The van der Waals surface area contributed by atoms with Crippen LogP contribution in [0.2, 0.25) is 0 Å². The summed E-state index contributed by atoms with van der Waals surface area (Å²) in [5.74, 6) is -0.0402. The summed E-state index contributed by atoms with van der Waals surface area (Å²) < 4.78 is 10.3. The van der Waals surface area contributed by atoms with Crippen LogP contribution in [0.4, 0.5) is 0 Å². The van der Waals surface area contributed by atoms with Crippen molar-refractivity contribution in [2.45, 2.75) is 26.4 Å². The third kappa shape index (κ3) is 3.27. The van der Waals surface area contributed by atoms with Crippen molar-refractivity contribution in [3.8, 4) is 5.75 Å². The van der Waals surface area contributed by atoms with E-state index in [0.29, 0.717) is 18.1 Å². The highest BCUT2D eigenvalue weighted by Gasteiger charge is 2.13. The minimum Gasteiger partial charge on any atom is -0.483 e. The SMILES string of the molecule is CCCc1nc(COc2cccnc2C(=O)O)no1. The second-order valence-corrected chi connectivity index (χ2v) is 3.80. The van der Waals surface area contributed by atoms with Crippen LogP contribution in [0.25, 0.3) is 0 Å². The third-order valence-corrected chi connectivity index (χ3v) is 2.30. The first-order valence-corrected chi connectivity index (χ1v) is 5.83. The molecule has 0 aliphatic rings. The van der Waals surface area contributed by atoms with E-state index in [4.69, 9.17) is 14.4 Å². The summed E-state index contributed by atoms with van der Waals surface area (Å²) in [5.41, 5.74) is -0.139. The Labute approximate surface area is 109 Å². The van der Waals surface area contributed by atoms with Gasteiger partial charge < -0.3 is 14.4 Å². The van der Waals surface area contributed by atoms with Gasteiger partial charge in [-0.05, 0) is 18.6 Å². The molecule has 0 atom stereocenters. The van der Waals surface area contributed by atoms with Gasteiger partial charge in [0.05, 0.1) is 0 Å². The van der Waals surface area contributed by atoms with Gasteiger partial charge >= 0.3 is 5.97 Å². The number of nitrogens with zero attached hydrogens (tertiary/aromatic N) is 3. The molecule has 2 aromatic heterocycles. The van der Waals surface area contributed by atoms with Crippen molar-refractivity contribution in [3.05, 3.63) is 35.7 Å². The van der Waals surface area contributed by atoms with Gasteiger partial charge in [0.25, 0.3) is 0 Å². The van der Waals surface area contributed by atoms with Crippen molar-refractivity contribution in [2.24, 2.45) is 0 Å². The van der Waals surface area contributed by atoms with Gasteiger partial charge in [-0.15, -0.1) is 0 Å². The van der Waals surface area contributed by atoms with Gasteiger partial charge in [-0.2, -0.15) is 4.98 Å². The summed E-state index contributed by atoms with van der Waals surface area (Å²) in [6.45, 7) is 2.05. The molecule has 0 bridgehead atoms. The third-order valence-electron chi connectivity index (χ3n) is 2.30. The monoisotopic (exact) mass is 263 g/mol. The number of rotatable bonds is 6. The molecule has 0 amide bonds. The molecule has 0 radical (unpaired) electrons. The van der Waals surface area contributed by atoms with E-state index in [1.165, 1.54) is 12.3 Å². The number of ether oxygens (including phenoxy) is 1. The molecule has 0 aliphatic carbocycles. The number of hydrogen-bond acceptors (Lipinski definition) is 6. The van der Waals surface area contributed by atoms with Gasteiger partial charge in [-0.25, -0.2) is 9.78 Å². The Morgan fingerprint density at radius 2 is 2.37 bits per heavy atom. The normalized spacial score (nSPS) is 10.4. The molecule has 7 heteroatoms. The Morgan fingerprint density at radius 3 is 3.11 bits per heavy atom. The van der Waals surface area contributed by atoms with Gasteiger partial charge in [-0.3, -0.25) is 0 Å². The Balaban J connectivity index is 2.03. The maximum absolute atomic E-state index is 10.9. The number of aromatic nitrogens is 3. The number of aromatic carboxylic acids is 1. The highest BCUT2D eigenvalue weighted by molar-refractivity contribution is 5.88. The predicted octanol–water partition coefficient (Wildman–Crippen LogP) is 1.69. The van der Waals surface area contributed by atoms with Crippen molar-refractivity contribution in [3.63, 3.8) is 0 Å². The lowest BCUT2D eigenvalue weighted by Crippen LogP contribution is -2.06. The minimum atomic E-state index is -1.14. The van der Waals surface area contributed by atoms with Crippen molar-refractivity contribution in [1.29, 1.82) is 0 Å². The van der Waals surface area contributed by atoms with Crippen LogP contribution < -0.4 is 4.74 Å². The molecule has 2 aromatic rings. The van der Waals surface area contributed by atoms with E-state index >= 15 is 0 Å². The second kappa shape index (κ2) is 5.94. The van der Waals surface area contributed by atoms with Gasteiger partial charge in [-0.1, -0.05) is 12.1 Å². The molecule has 0 aliphatic heterocycles. The Hall–Kier alpha value is -2.44. The molecule has 0 fully saturated rings. The number of carbonyl (C=O) groups is 1. The lowest BCUT2D eigenvalue weighted by Gasteiger charge is -2.05. The molecular formula is C12H13N3O4. The molecule has 0 aromatic carbocycles. The number of carboxylic acids is 1. The zero-order chi connectivity index (χ0) is 13.7. The maximum atomic E-state index is 10.9. The largest absolute Gasteiger partial charge is 0.483 e. The molecule has 19 heavy (non-hydrogen) atoms. The van der Waals surface area contributed by atoms with Crippen LogP contribution in [-0.4, -0.2) is 26.2 Å². The standard InChI is InChI=1S/C12H13N3O4/c1-2-4-10-14-9(15-19-10)7-18-8-5-3-6-13-11(8)12(16)17/h3,5-6H,2,4,7H2,1H3,(H,16,17). The predicted molar refractivity (Wildman–Crippen MR) is 63.8 cm³/mol. The van der Waals surface area contributed by atoms with E-state index in [1.54, 1.807) is 6.07 Å². The van der Waals surface area contributed by atoms with Crippen LogP contribution in [0.5, 0.6) is 5.75 Å². The lowest BCUT2D eigenvalue weighted by molar-refractivity contribution is 0.0684. The average Bonchev–Trinajstić information content (AvgIpc) is 2.85. The molecule has 2 rings (SSSR count). The molecule has 0 spiro atoms. The van der Waals surface area contributed by atoms with Crippen molar-refractivity contribution in [1.82, 2.24) is 15.1 Å². The van der Waals surface area contributed by atoms with Crippen LogP contribution in [0, 0.1) is 0 Å². The van der Waals surface area contributed by atoms with Crippen LogP contribution in [0.15, 0.2) is 22.9 Å². The number of aryl methyl sites for hydroxylation is 1. The average molecular weight is 263 g/mol. The Kier molecular flexibility index (Phi) is 4.07. The smallest absolute Gasteiger partial charge is 0.358 e. The van der Waals surface area contributed by atoms with Gasteiger partial charge in [0, 0.05) is 12.6 Å². The zero-order valence-electron chi connectivity index (χ0n) is 10.4. The molecule has 7 nitrogen and oxygen atoms in total. The van der Waals surface area contributed by atoms with Gasteiger partial charge in [0.15, 0.2) is 18.1 Å². The fourth-order valence-corrected chi connectivity index (χ4v) is 1.47. The van der Waals surface area contributed by atoms with Crippen LogP contribution in [-0.2, 0) is 13.0 Å². The summed E-state index contributed by atoms with van der Waals surface area (Å²) in [5, 5.41) is 12.7. The molecule has 2 heterocycles. The zero-order valence-corrected chi connectivity index (χ0v) is 10.4. The van der Waals surface area contributed by atoms with E-state index in [2.05, 4.69) is 15.1 Å². The molecule has 1 N–H and O–H groups in total. The first-order chi connectivity index (χ1) is 9.20. The fraction of sp³-hybridized carbons (Fsp3) is 0.333. The van der Waals surface area contributed by atoms with Crippen LogP contribution in [0.1, 0.15) is 35.5 Å². The molecular weight excluding hydrogens is 250 g/mol. The quantitative estimate of drug-likeness (QED) is 0.846. The van der Waals surface area contributed by atoms with E-state index in [9.17, 15) is 4.79 Å². The van der Waals surface area contributed by atoms with Crippen molar-refractivity contribution in [2.75, 3.05) is 0 Å². The minimum absolute atomic E-state index is 0.0409. The summed E-state index contributed by atoms with van der Waals surface area (Å²) in [6.07, 6.45) is 3.01. The van der Waals surface area contributed by atoms with E-state index in [0.717, 1.165) is 6.42 Å². The van der Waals surface area contributed by atoms with Crippen molar-refractivity contribution >= 4 is 5.97 Å². The fourth-order valence-electron chi connectivity index (χ4n) is 1.47. The number of carboxylic acid groups (broad SMARTS) is 1. The van der Waals surface area contributed by atoms with E-state index in [-0.39, 0.29) is 18.1 Å². The Morgan fingerprint density at radius 1 is 1.53 bits per heavy atom. The summed E-state index contributed by atoms with van der Waals surface area (Å²) in [6, 6.07) is 3.13. The second-order valence-electron chi connectivity index (χ2n) is 3.80. The number of hydrogen-bond donors (Lipinski definition) is 1. The first kappa shape index (κ1) is 13.0. The molecule has 0 saturated carbocycles. The van der Waals surface area contributed by atoms with E-state index in [1.807, 2.05) is 6.92 Å². The topological polar surface area (TPSA) is 98.3 Å². The first-order valence-electron chi connectivity index (χ1n) is 5.83. The van der Waals surface area contributed by atoms with Gasteiger partial charge in [0.2, 0.25) is 11.7 Å². The summed E-state index contributed by atoms with van der Waals surface area (Å²) >= 11 is 0. The molecule has 0 unspecified atom stereocenters. The van der Waals surface area contributed by atoms with Crippen LogP contribution in [0.3, 0.4) is 0 Å². The maximum Gasteiger partial charge on any atom is 0.358 e. The van der Waals surface area contributed by atoms with Gasteiger partial charge in [0.1, 0.15) is 0 Å². The highest BCUT2D eigenvalue weighted by atomic mass is 16.5. The summed E-state index contributed by atoms with van der Waals surface area (Å²) in [4.78, 5) is 18.8. The molecule has 0 saturated heterocycles. The highest BCUT2D eigenvalue weighted by Crippen LogP contribution is 2.16.